The predicted molar refractivity (Wildman–Crippen MR) is 94.6 cm³/mol. The lowest BCUT2D eigenvalue weighted by molar-refractivity contribution is -0.121. The molecule has 1 aliphatic rings. The molecule has 0 spiro atoms. The van der Waals surface area contributed by atoms with E-state index >= 15 is 0 Å². The quantitative estimate of drug-likeness (QED) is 0.799. The number of ether oxygens (including phenoxy) is 1. The van der Waals surface area contributed by atoms with Crippen LogP contribution in [-0.2, 0) is 11.3 Å². The Morgan fingerprint density at radius 3 is 2.80 bits per heavy atom. The Hall–Kier alpha value is -2.41. The maximum absolute atomic E-state index is 12.0. The zero-order valence-electron chi connectivity index (χ0n) is 14.6. The summed E-state index contributed by atoms with van der Waals surface area (Å²) in [7, 11) is 1.64. The molecule has 0 atom stereocenters. The molecule has 1 saturated heterocycles. The Morgan fingerprint density at radius 2 is 2.08 bits per heavy atom. The summed E-state index contributed by atoms with van der Waals surface area (Å²) < 4.78 is 6.84. The summed E-state index contributed by atoms with van der Waals surface area (Å²) >= 11 is 0. The average molecular weight is 343 g/mol. The van der Waals surface area contributed by atoms with Gasteiger partial charge in [0, 0.05) is 6.42 Å². The van der Waals surface area contributed by atoms with Gasteiger partial charge in [0.15, 0.2) is 0 Å². The molecule has 0 radical (unpaired) electrons. The van der Waals surface area contributed by atoms with E-state index in [-0.39, 0.29) is 5.91 Å². The van der Waals surface area contributed by atoms with E-state index < -0.39 is 0 Å². The monoisotopic (exact) mass is 343 g/mol. The number of rotatable bonds is 7. The first-order valence-electron chi connectivity index (χ1n) is 8.77. The largest absolute Gasteiger partial charge is 0.497 e. The van der Waals surface area contributed by atoms with Crippen LogP contribution in [-0.4, -0.2) is 41.1 Å². The smallest absolute Gasteiger partial charge is 0.220 e. The van der Waals surface area contributed by atoms with Crippen molar-refractivity contribution in [3.8, 4) is 11.4 Å². The summed E-state index contributed by atoms with van der Waals surface area (Å²) in [5.41, 5.74) is 1.64. The van der Waals surface area contributed by atoms with Gasteiger partial charge in [-0.2, -0.15) is 0 Å². The fourth-order valence-corrected chi connectivity index (χ4v) is 3.02. The van der Waals surface area contributed by atoms with E-state index in [1.54, 1.807) is 11.8 Å². The van der Waals surface area contributed by atoms with Gasteiger partial charge in [0.25, 0.3) is 0 Å². The Kier molecular flexibility index (Phi) is 6.00. The highest BCUT2D eigenvalue weighted by atomic mass is 16.5. The van der Waals surface area contributed by atoms with E-state index in [1.165, 1.54) is 12.8 Å². The van der Waals surface area contributed by atoms with Gasteiger partial charge in [0.2, 0.25) is 5.91 Å². The summed E-state index contributed by atoms with van der Waals surface area (Å²) in [5, 5.41) is 14.5. The minimum atomic E-state index is 0.0810. The lowest BCUT2D eigenvalue weighted by Crippen LogP contribution is -2.29. The van der Waals surface area contributed by atoms with Gasteiger partial charge >= 0.3 is 0 Å². The van der Waals surface area contributed by atoms with Crippen molar-refractivity contribution in [3.63, 3.8) is 0 Å². The van der Waals surface area contributed by atoms with Gasteiger partial charge in [-0.3, -0.25) is 4.79 Å². The first-order chi connectivity index (χ1) is 12.2. The number of nitrogens with zero attached hydrogens (tertiary/aromatic N) is 3. The van der Waals surface area contributed by atoms with Gasteiger partial charge in [0.1, 0.15) is 11.4 Å². The number of hydrogen-bond acceptors (Lipinski definition) is 5. The molecule has 1 aromatic carbocycles. The summed E-state index contributed by atoms with van der Waals surface area (Å²) in [4.78, 5) is 12.0. The first-order valence-corrected chi connectivity index (χ1v) is 8.77. The lowest BCUT2D eigenvalue weighted by Gasteiger charge is -2.22. The first kappa shape index (κ1) is 17.4. The van der Waals surface area contributed by atoms with Crippen LogP contribution in [0.1, 0.15) is 31.4 Å². The van der Waals surface area contributed by atoms with Crippen LogP contribution in [0, 0.1) is 5.92 Å². The Morgan fingerprint density at radius 1 is 1.32 bits per heavy atom. The molecule has 0 unspecified atom stereocenters. The SMILES string of the molecule is COc1ccc(-n2cc(CNC(=O)CCC3CCNCC3)nn2)cc1. The minimum Gasteiger partial charge on any atom is -0.497 e. The molecule has 134 valence electrons. The molecule has 1 amide bonds. The maximum atomic E-state index is 12.0. The van der Waals surface area contributed by atoms with Crippen LogP contribution in [0.25, 0.3) is 5.69 Å². The Bertz CT molecular complexity index is 677. The van der Waals surface area contributed by atoms with Gasteiger partial charge in [-0.05, 0) is 62.5 Å². The molecule has 1 fully saturated rings. The van der Waals surface area contributed by atoms with Crippen LogP contribution in [0.15, 0.2) is 30.5 Å². The van der Waals surface area contributed by atoms with Gasteiger partial charge in [-0.25, -0.2) is 4.68 Å². The van der Waals surface area contributed by atoms with Crippen LogP contribution in [0.3, 0.4) is 0 Å². The number of piperidine rings is 1. The average Bonchev–Trinajstić information content (AvgIpc) is 3.14. The topological polar surface area (TPSA) is 81.1 Å². The number of amides is 1. The zero-order valence-corrected chi connectivity index (χ0v) is 14.6. The van der Waals surface area contributed by atoms with Gasteiger partial charge < -0.3 is 15.4 Å². The fourth-order valence-electron chi connectivity index (χ4n) is 3.02. The third kappa shape index (κ3) is 5.03. The highest BCUT2D eigenvalue weighted by Crippen LogP contribution is 2.17. The van der Waals surface area contributed by atoms with E-state index in [4.69, 9.17) is 4.74 Å². The molecule has 1 aliphatic heterocycles. The summed E-state index contributed by atoms with van der Waals surface area (Å²) in [6.07, 6.45) is 5.71. The number of nitrogens with one attached hydrogen (secondary N) is 2. The van der Waals surface area contributed by atoms with Crippen molar-refractivity contribution in [2.24, 2.45) is 5.92 Å². The Balaban J connectivity index is 1.45. The van der Waals surface area contributed by atoms with Gasteiger partial charge in [-0.15, -0.1) is 5.10 Å². The molecule has 0 saturated carbocycles. The van der Waals surface area contributed by atoms with Gasteiger partial charge in [0.05, 0.1) is 25.5 Å². The van der Waals surface area contributed by atoms with E-state index in [2.05, 4.69) is 20.9 Å². The maximum Gasteiger partial charge on any atom is 0.220 e. The molecule has 0 bridgehead atoms. The second kappa shape index (κ2) is 8.62. The fraction of sp³-hybridized carbons (Fsp3) is 0.500. The molecular weight excluding hydrogens is 318 g/mol. The molecule has 2 N–H and O–H groups in total. The predicted octanol–water partition coefficient (Wildman–Crippen LogP) is 1.67. The third-order valence-corrected chi connectivity index (χ3v) is 4.58. The molecule has 2 heterocycles. The van der Waals surface area contributed by atoms with Crippen molar-refractivity contribution in [1.29, 1.82) is 0 Å². The number of methoxy groups -OCH3 is 1. The van der Waals surface area contributed by atoms with Crippen LogP contribution in [0.2, 0.25) is 0 Å². The van der Waals surface area contributed by atoms with Crippen molar-refractivity contribution in [1.82, 2.24) is 25.6 Å². The number of hydrogen-bond donors (Lipinski definition) is 2. The van der Waals surface area contributed by atoms with Gasteiger partial charge in [-0.1, -0.05) is 5.21 Å². The highest BCUT2D eigenvalue weighted by molar-refractivity contribution is 5.75. The van der Waals surface area contributed by atoms with E-state index in [0.29, 0.717) is 18.9 Å². The number of carbonyl (C=O) groups is 1. The molecule has 2 aromatic rings. The molecule has 3 rings (SSSR count). The van der Waals surface area contributed by atoms with Crippen molar-refractivity contribution >= 4 is 5.91 Å². The van der Waals surface area contributed by atoms with Crippen LogP contribution < -0.4 is 15.4 Å². The van der Waals surface area contributed by atoms with Crippen molar-refractivity contribution in [2.75, 3.05) is 20.2 Å². The second-order valence-corrected chi connectivity index (χ2v) is 6.36. The normalized spacial score (nSPS) is 15.1. The van der Waals surface area contributed by atoms with Crippen molar-refractivity contribution in [2.45, 2.75) is 32.2 Å². The second-order valence-electron chi connectivity index (χ2n) is 6.36. The number of carbonyl (C=O) groups excluding carboxylic acids is 1. The Labute approximate surface area is 147 Å². The molecule has 1 aromatic heterocycles. The minimum absolute atomic E-state index is 0.0810. The molecule has 0 aliphatic carbocycles. The molecule has 7 heteroatoms. The van der Waals surface area contributed by atoms with Crippen molar-refractivity contribution in [3.05, 3.63) is 36.2 Å². The zero-order chi connectivity index (χ0) is 17.5. The lowest BCUT2D eigenvalue weighted by atomic mass is 9.93. The van der Waals surface area contributed by atoms with E-state index in [1.807, 2.05) is 30.5 Å². The molecule has 7 nitrogen and oxygen atoms in total. The van der Waals surface area contributed by atoms with Crippen LogP contribution in [0.5, 0.6) is 5.75 Å². The molecule has 25 heavy (non-hydrogen) atoms. The summed E-state index contributed by atoms with van der Waals surface area (Å²) in [6.45, 7) is 2.54. The summed E-state index contributed by atoms with van der Waals surface area (Å²) in [5.74, 6) is 1.55. The molecular formula is C18H25N5O2. The van der Waals surface area contributed by atoms with E-state index in [9.17, 15) is 4.79 Å². The summed E-state index contributed by atoms with van der Waals surface area (Å²) in [6, 6.07) is 7.57. The van der Waals surface area contributed by atoms with Crippen LogP contribution >= 0.6 is 0 Å². The van der Waals surface area contributed by atoms with Crippen LogP contribution in [0.4, 0.5) is 0 Å². The number of aromatic nitrogens is 3. The third-order valence-electron chi connectivity index (χ3n) is 4.58. The standard InChI is InChI=1S/C18H25N5O2/c1-25-17-5-3-16(4-6-17)23-13-15(21-22-23)12-20-18(24)7-2-14-8-10-19-11-9-14/h3-6,13-14,19H,2,7-12H2,1H3,(H,20,24). The van der Waals surface area contributed by atoms with E-state index in [0.717, 1.165) is 36.6 Å². The highest BCUT2D eigenvalue weighted by Gasteiger charge is 2.14. The number of benzene rings is 1. The van der Waals surface area contributed by atoms with Crippen molar-refractivity contribution < 1.29 is 9.53 Å².